The number of nitrogens with two attached hydrogens (primary N) is 2. The third-order valence-electron chi connectivity index (χ3n) is 0.571. The van der Waals surface area contributed by atoms with Gasteiger partial charge in [-0.2, -0.15) is 0 Å². The van der Waals surface area contributed by atoms with Gasteiger partial charge in [0.2, 0.25) is 0 Å². The summed E-state index contributed by atoms with van der Waals surface area (Å²) in [6, 6.07) is 0. The smallest absolute Gasteiger partial charge is 0.108 e. The van der Waals surface area contributed by atoms with Crippen molar-refractivity contribution in [1.82, 2.24) is 0 Å². The quantitative estimate of drug-likeness (QED) is 0.628. The highest BCUT2D eigenvalue weighted by Gasteiger charge is 2.09. The molecule has 9 heavy (non-hydrogen) atoms. The standard InChI is InChI=1S/C3H6N2S2.2ClH/c4-2-1-6-3(5)7-2;;/h1,3H,4-5H2;2*1H. The molecule has 0 bridgehead atoms. The monoisotopic (exact) mass is 206 g/mol. The molecule has 0 amide bonds. The van der Waals surface area contributed by atoms with Crippen LogP contribution in [0.1, 0.15) is 0 Å². The fourth-order valence-electron chi connectivity index (χ4n) is 0.324. The van der Waals surface area contributed by atoms with Crippen molar-refractivity contribution in [3.05, 3.63) is 10.4 Å². The van der Waals surface area contributed by atoms with Gasteiger partial charge in [0.1, 0.15) is 4.71 Å². The van der Waals surface area contributed by atoms with Crippen molar-refractivity contribution in [2.75, 3.05) is 0 Å². The fraction of sp³-hybridized carbons (Fsp3) is 0.333. The van der Waals surface area contributed by atoms with Gasteiger partial charge < -0.3 is 11.5 Å². The van der Waals surface area contributed by atoms with Crippen LogP contribution in [0.15, 0.2) is 10.4 Å². The molecule has 0 saturated heterocycles. The average molecular weight is 207 g/mol. The topological polar surface area (TPSA) is 52.0 Å². The van der Waals surface area contributed by atoms with E-state index in [4.69, 9.17) is 11.5 Å². The van der Waals surface area contributed by atoms with E-state index in [-0.39, 0.29) is 29.5 Å². The van der Waals surface area contributed by atoms with E-state index in [1.54, 1.807) is 11.8 Å². The zero-order chi connectivity index (χ0) is 5.28. The van der Waals surface area contributed by atoms with E-state index < -0.39 is 0 Å². The molecule has 0 spiro atoms. The predicted molar refractivity (Wildman–Crippen MR) is 49.9 cm³/mol. The molecule has 0 aliphatic carbocycles. The molecule has 1 unspecified atom stereocenters. The Balaban J connectivity index is 0. The van der Waals surface area contributed by atoms with E-state index in [1.165, 1.54) is 11.8 Å². The molecule has 0 aromatic heterocycles. The Bertz CT molecular complexity index is 108. The van der Waals surface area contributed by atoms with Crippen LogP contribution in [-0.4, -0.2) is 4.71 Å². The maximum Gasteiger partial charge on any atom is 0.108 e. The fourth-order valence-corrected chi connectivity index (χ4v) is 1.97. The molecule has 1 aliphatic rings. The second kappa shape index (κ2) is 5.56. The lowest BCUT2D eigenvalue weighted by atomic mass is 11.1. The first-order valence-corrected chi connectivity index (χ1v) is 3.64. The van der Waals surface area contributed by atoms with Crippen molar-refractivity contribution in [3.8, 4) is 0 Å². The molecular formula is C3H8Cl2N2S2. The SMILES string of the molecule is Cl.Cl.NC1=CSC(N)S1. The van der Waals surface area contributed by atoms with Gasteiger partial charge in [0.05, 0.1) is 5.03 Å². The van der Waals surface area contributed by atoms with Crippen LogP contribution in [0, 0.1) is 0 Å². The minimum Gasteiger partial charge on any atom is -0.393 e. The maximum absolute atomic E-state index is 5.42. The van der Waals surface area contributed by atoms with Crippen molar-refractivity contribution in [3.63, 3.8) is 0 Å². The molecule has 1 heterocycles. The third-order valence-corrected chi connectivity index (χ3v) is 2.62. The first kappa shape index (κ1) is 12.5. The van der Waals surface area contributed by atoms with Crippen LogP contribution in [-0.2, 0) is 0 Å². The van der Waals surface area contributed by atoms with E-state index in [0.717, 1.165) is 5.03 Å². The third kappa shape index (κ3) is 4.22. The Morgan fingerprint density at radius 1 is 1.44 bits per heavy atom. The molecule has 0 aromatic rings. The Morgan fingerprint density at radius 2 is 2.00 bits per heavy atom. The summed E-state index contributed by atoms with van der Waals surface area (Å²) in [4.78, 5) is 0. The first-order chi connectivity index (χ1) is 3.29. The van der Waals surface area contributed by atoms with E-state index in [0.29, 0.717) is 0 Å². The molecule has 0 fully saturated rings. The number of hydrogen-bond donors (Lipinski definition) is 2. The van der Waals surface area contributed by atoms with Crippen molar-refractivity contribution in [1.29, 1.82) is 0 Å². The molecule has 1 rings (SSSR count). The summed E-state index contributed by atoms with van der Waals surface area (Å²) in [5.74, 6) is 0. The van der Waals surface area contributed by atoms with Gasteiger partial charge in [-0.15, -0.1) is 36.6 Å². The lowest BCUT2D eigenvalue weighted by molar-refractivity contribution is 1.32. The minimum atomic E-state index is 0. The molecule has 0 saturated carbocycles. The molecular weight excluding hydrogens is 199 g/mol. The molecule has 56 valence electrons. The molecule has 4 N–H and O–H groups in total. The Morgan fingerprint density at radius 3 is 2.11 bits per heavy atom. The lowest BCUT2D eigenvalue weighted by Crippen LogP contribution is -2.06. The molecule has 1 aliphatic heterocycles. The van der Waals surface area contributed by atoms with Crippen LogP contribution >= 0.6 is 48.3 Å². The Kier molecular flexibility index (Phi) is 7.69. The van der Waals surface area contributed by atoms with Gasteiger partial charge in [0.25, 0.3) is 0 Å². The van der Waals surface area contributed by atoms with E-state index in [1.807, 2.05) is 5.41 Å². The van der Waals surface area contributed by atoms with Gasteiger partial charge in [-0.05, 0) is 0 Å². The van der Waals surface area contributed by atoms with Gasteiger partial charge in [-0.1, -0.05) is 11.8 Å². The number of halogens is 2. The highest BCUT2D eigenvalue weighted by molar-refractivity contribution is 8.22. The van der Waals surface area contributed by atoms with E-state index in [9.17, 15) is 0 Å². The van der Waals surface area contributed by atoms with Crippen LogP contribution in [0.25, 0.3) is 0 Å². The van der Waals surface area contributed by atoms with Gasteiger partial charge in [0.15, 0.2) is 0 Å². The van der Waals surface area contributed by atoms with Crippen molar-refractivity contribution < 1.29 is 0 Å². The molecule has 0 aromatic carbocycles. The second-order valence-corrected chi connectivity index (χ2v) is 3.67. The largest absolute Gasteiger partial charge is 0.393 e. The highest BCUT2D eigenvalue weighted by Crippen LogP contribution is 2.32. The zero-order valence-electron chi connectivity index (χ0n) is 4.44. The number of thioether (sulfide) groups is 2. The summed E-state index contributed by atoms with van der Waals surface area (Å²) in [7, 11) is 0. The summed E-state index contributed by atoms with van der Waals surface area (Å²) in [5, 5.41) is 2.70. The normalized spacial score (nSPS) is 23.7. The first-order valence-electron chi connectivity index (χ1n) is 1.82. The van der Waals surface area contributed by atoms with Gasteiger partial charge in [0, 0.05) is 5.41 Å². The summed E-state index contributed by atoms with van der Waals surface area (Å²) in [6.07, 6.45) is 0. The summed E-state index contributed by atoms with van der Waals surface area (Å²) in [6.45, 7) is 0. The van der Waals surface area contributed by atoms with Crippen LogP contribution in [0.2, 0.25) is 0 Å². The Hall–Kier alpha value is 0.780. The van der Waals surface area contributed by atoms with Gasteiger partial charge in [-0.25, -0.2) is 0 Å². The second-order valence-electron chi connectivity index (χ2n) is 1.14. The molecule has 1 atom stereocenters. The van der Waals surface area contributed by atoms with Crippen LogP contribution in [0.3, 0.4) is 0 Å². The average Bonchev–Trinajstić information content (AvgIpc) is 1.87. The summed E-state index contributed by atoms with van der Waals surface area (Å²) < 4.78 is 0.139. The highest BCUT2D eigenvalue weighted by atomic mass is 35.5. The van der Waals surface area contributed by atoms with Crippen molar-refractivity contribution >= 4 is 48.3 Å². The summed E-state index contributed by atoms with van der Waals surface area (Å²) >= 11 is 3.06. The van der Waals surface area contributed by atoms with Crippen molar-refractivity contribution in [2.24, 2.45) is 11.5 Å². The van der Waals surface area contributed by atoms with Crippen molar-refractivity contribution in [2.45, 2.75) is 4.71 Å². The molecule has 6 heteroatoms. The predicted octanol–water partition coefficient (Wildman–Crippen LogP) is 1.31. The summed E-state index contributed by atoms with van der Waals surface area (Å²) in [5.41, 5.74) is 10.8. The van der Waals surface area contributed by atoms with E-state index >= 15 is 0 Å². The number of hydrogen-bond acceptors (Lipinski definition) is 4. The van der Waals surface area contributed by atoms with Crippen LogP contribution < -0.4 is 11.5 Å². The van der Waals surface area contributed by atoms with Crippen LogP contribution in [0.4, 0.5) is 0 Å². The van der Waals surface area contributed by atoms with Gasteiger partial charge in [-0.3, -0.25) is 0 Å². The Labute approximate surface area is 75.0 Å². The maximum atomic E-state index is 5.42. The molecule has 0 radical (unpaired) electrons. The number of rotatable bonds is 0. The minimum absolute atomic E-state index is 0. The lowest BCUT2D eigenvalue weighted by Gasteiger charge is -1.94. The van der Waals surface area contributed by atoms with Crippen LogP contribution in [0.5, 0.6) is 0 Å². The zero-order valence-corrected chi connectivity index (χ0v) is 7.71. The molecule has 2 nitrogen and oxygen atoms in total. The van der Waals surface area contributed by atoms with Gasteiger partial charge >= 0.3 is 0 Å². The van der Waals surface area contributed by atoms with E-state index in [2.05, 4.69) is 0 Å².